The van der Waals surface area contributed by atoms with Crippen LogP contribution in [0.5, 0.6) is 5.75 Å². The molecule has 2 atom stereocenters. The van der Waals surface area contributed by atoms with Crippen molar-refractivity contribution in [3.63, 3.8) is 0 Å². The van der Waals surface area contributed by atoms with E-state index in [1.54, 1.807) is 69.3 Å². The van der Waals surface area contributed by atoms with Crippen molar-refractivity contribution in [3.8, 4) is 5.75 Å². The number of halogens is 1. The van der Waals surface area contributed by atoms with Crippen LogP contribution in [-0.2, 0) is 9.53 Å². The zero-order valence-electron chi connectivity index (χ0n) is 14.4. The van der Waals surface area contributed by atoms with Crippen LogP contribution in [0.25, 0.3) is 0 Å². The van der Waals surface area contributed by atoms with E-state index in [4.69, 9.17) is 21.1 Å². The normalized spacial score (nSPS) is 13.2. The molecule has 132 valence electrons. The third kappa shape index (κ3) is 5.33. The van der Waals surface area contributed by atoms with Gasteiger partial charge in [0.25, 0.3) is 0 Å². The lowest BCUT2D eigenvalue weighted by atomic mass is 9.96. The molecule has 0 aromatic heterocycles. The van der Waals surface area contributed by atoms with Crippen LogP contribution in [0.15, 0.2) is 54.6 Å². The Bertz CT molecular complexity index is 710. The molecule has 2 rings (SSSR count). The lowest BCUT2D eigenvalue weighted by Gasteiger charge is -2.24. The van der Waals surface area contributed by atoms with Gasteiger partial charge in [0, 0.05) is 10.6 Å². The van der Waals surface area contributed by atoms with Crippen molar-refractivity contribution in [1.29, 1.82) is 0 Å². The number of para-hydroxylation sites is 1. The molecule has 2 aromatic carbocycles. The van der Waals surface area contributed by atoms with Crippen molar-refractivity contribution in [2.45, 2.75) is 33.0 Å². The summed E-state index contributed by atoms with van der Waals surface area (Å²) in [6.07, 6.45) is -1.26. The molecular weight excluding hydrogens is 340 g/mol. The van der Waals surface area contributed by atoms with Crippen LogP contribution in [0.1, 0.15) is 31.1 Å². The molecule has 2 aromatic rings. The fourth-order valence-corrected chi connectivity index (χ4v) is 2.40. The standard InChI is InChI=1S/C20H21ClO4/c1-13(2)24-20(23)14(3)19(25-17-7-5-4-6-8-17)18(22)15-9-11-16(21)12-10-15/h4-14,19H,1-3H3. The predicted molar refractivity (Wildman–Crippen MR) is 97.0 cm³/mol. The van der Waals surface area contributed by atoms with Gasteiger partial charge in [0.1, 0.15) is 5.75 Å². The molecule has 0 saturated heterocycles. The highest BCUT2D eigenvalue weighted by atomic mass is 35.5. The van der Waals surface area contributed by atoms with Gasteiger partial charge in [0.05, 0.1) is 12.0 Å². The van der Waals surface area contributed by atoms with Crippen LogP contribution in [0.4, 0.5) is 0 Å². The Labute approximate surface area is 152 Å². The summed E-state index contributed by atoms with van der Waals surface area (Å²) in [5.74, 6) is -1.02. The molecule has 0 aliphatic rings. The zero-order valence-corrected chi connectivity index (χ0v) is 15.2. The maximum absolute atomic E-state index is 12.9. The highest BCUT2D eigenvalue weighted by Gasteiger charge is 2.34. The van der Waals surface area contributed by atoms with Crippen molar-refractivity contribution < 1.29 is 19.1 Å². The van der Waals surface area contributed by atoms with Gasteiger partial charge >= 0.3 is 5.97 Å². The summed E-state index contributed by atoms with van der Waals surface area (Å²) in [6.45, 7) is 5.16. The average Bonchev–Trinajstić information content (AvgIpc) is 2.59. The lowest BCUT2D eigenvalue weighted by molar-refractivity contribution is -0.154. The number of carbonyl (C=O) groups excluding carboxylic acids is 2. The Hall–Kier alpha value is -2.33. The van der Waals surface area contributed by atoms with Crippen molar-refractivity contribution >= 4 is 23.4 Å². The second-order valence-electron chi connectivity index (χ2n) is 6.00. The van der Waals surface area contributed by atoms with Gasteiger partial charge in [-0.05, 0) is 57.2 Å². The third-order valence-electron chi connectivity index (χ3n) is 3.57. The van der Waals surface area contributed by atoms with E-state index in [2.05, 4.69) is 0 Å². The molecule has 0 saturated carbocycles. The number of hydrogen-bond acceptors (Lipinski definition) is 4. The highest BCUT2D eigenvalue weighted by molar-refractivity contribution is 6.30. The molecule has 25 heavy (non-hydrogen) atoms. The number of ether oxygens (including phenoxy) is 2. The quantitative estimate of drug-likeness (QED) is 0.536. The number of benzene rings is 2. The predicted octanol–water partition coefficient (Wildman–Crippen LogP) is 4.56. The summed E-state index contributed by atoms with van der Waals surface area (Å²) in [5, 5.41) is 0.532. The summed E-state index contributed by atoms with van der Waals surface area (Å²) in [5.41, 5.74) is 0.425. The van der Waals surface area contributed by atoms with Crippen molar-refractivity contribution in [2.24, 2.45) is 5.92 Å². The number of ketones is 1. The SMILES string of the molecule is CC(C)OC(=O)C(C)C(Oc1ccccc1)C(=O)c1ccc(Cl)cc1. The van der Waals surface area contributed by atoms with Crippen molar-refractivity contribution in [3.05, 3.63) is 65.2 Å². The first-order chi connectivity index (χ1) is 11.9. The summed E-state index contributed by atoms with van der Waals surface area (Å²) < 4.78 is 11.1. The number of Topliss-reactive ketones (excluding diaryl/α,β-unsaturated/α-hetero) is 1. The van der Waals surface area contributed by atoms with E-state index in [-0.39, 0.29) is 11.9 Å². The molecule has 0 fully saturated rings. The van der Waals surface area contributed by atoms with E-state index in [9.17, 15) is 9.59 Å². The van der Waals surface area contributed by atoms with E-state index < -0.39 is 18.0 Å². The van der Waals surface area contributed by atoms with E-state index in [0.717, 1.165) is 0 Å². The number of esters is 1. The van der Waals surface area contributed by atoms with Gasteiger partial charge in [0.15, 0.2) is 6.10 Å². The third-order valence-corrected chi connectivity index (χ3v) is 3.82. The van der Waals surface area contributed by atoms with E-state index in [0.29, 0.717) is 16.3 Å². The van der Waals surface area contributed by atoms with Crippen molar-refractivity contribution in [1.82, 2.24) is 0 Å². The topological polar surface area (TPSA) is 52.6 Å². The molecule has 4 nitrogen and oxygen atoms in total. The van der Waals surface area contributed by atoms with Crippen LogP contribution in [0.3, 0.4) is 0 Å². The minimum atomic E-state index is -0.991. The second kappa shape index (κ2) is 8.67. The summed E-state index contributed by atoms with van der Waals surface area (Å²) >= 11 is 5.88. The Kier molecular flexibility index (Phi) is 6.59. The molecule has 5 heteroatoms. The first kappa shape index (κ1) is 19.0. The Morgan fingerprint density at radius 2 is 1.52 bits per heavy atom. The number of carbonyl (C=O) groups is 2. The molecule has 0 aliphatic carbocycles. The zero-order chi connectivity index (χ0) is 18.4. The second-order valence-corrected chi connectivity index (χ2v) is 6.43. The van der Waals surface area contributed by atoms with Crippen LogP contribution >= 0.6 is 11.6 Å². The smallest absolute Gasteiger partial charge is 0.313 e. The Morgan fingerprint density at radius 1 is 0.920 bits per heavy atom. The maximum Gasteiger partial charge on any atom is 0.313 e. The fraction of sp³-hybridized carbons (Fsp3) is 0.300. The monoisotopic (exact) mass is 360 g/mol. The van der Waals surface area contributed by atoms with Crippen LogP contribution in [-0.4, -0.2) is 24.0 Å². The van der Waals surface area contributed by atoms with E-state index in [1.807, 2.05) is 6.07 Å². The number of hydrogen-bond donors (Lipinski definition) is 0. The molecule has 0 aliphatic heterocycles. The van der Waals surface area contributed by atoms with Gasteiger partial charge in [-0.25, -0.2) is 0 Å². The van der Waals surface area contributed by atoms with Crippen LogP contribution in [0, 0.1) is 5.92 Å². The first-order valence-electron chi connectivity index (χ1n) is 8.10. The van der Waals surface area contributed by atoms with Gasteiger partial charge in [-0.1, -0.05) is 29.8 Å². The largest absolute Gasteiger partial charge is 0.481 e. The Morgan fingerprint density at radius 3 is 2.08 bits per heavy atom. The minimum Gasteiger partial charge on any atom is -0.481 e. The van der Waals surface area contributed by atoms with Crippen molar-refractivity contribution in [2.75, 3.05) is 0 Å². The minimum absolute atomic E-state index is 0.266. The van der Waals surface area contributed by atoms with Gasteiger partial charge in [-0.15, -0.1) is 0 Å². The molecule has 0 radical (unpaired) electrons. The molecule has 0 bridgehead atoms. The molecule has 0 N–H and O–H groups in total. The summed E-state index contributed by atoms with van der Waals surface area (Å²) in [6, 6.07) is 15.4. The number of rotatable bonds is 7. The van der Waals surface area contributed by atoms with Gasteiger partial charge in [-0.3, -0.25) is 9.59 Å². The van der Waals surface area contributed by atoms with E-state index in [1.165, 1.54) is 0 Å². The van der Waals surface area contributed by atoms with Gasteiger partial charge in [-0.2, -0.15) is 0 Å². The summed E-state index contributed by atoms with van der Waals surface area (Å²) in [7, 11) is 0. The molecule has 0 spiro atoms. The van der Waals surface area contributed by atoms with Crippen LogP contribution < -0.4 is 4.74 Å². The summed E-state index contributed by atoms with van der Waals surface area (Å²) in [4.78, 5) is 25.2. The first-order valence-corrected chi connectivity index (χ1v) is 8.48. The van der Waals surface area contributed by atoms with E-state index >= 15 is 0 Å². The van der Waals surface area contributed by atoms with Crippen LogP contribution in [0.2, 0.25) is 5.02 Å². The highest BCUT2D eigenvalue weighted by Crippen LogP contribution is 2.21. The Balaban J connectivity index is 2.28. The molecule has 0 heterocycles. The van der Waals surface area contributed by atoms with Gasteiger partial charge in [0.2, 0.25) is 5.78 Å². The lowest BCUT2D eigenvalue weighted by Crippen LogP contribution is -2.39. The maximum atomic E-state index is 12.9. The molecule has 0 amide bonds. The van der Waals surface area contributed by atoms with Gasteiger partial charge < -0.3 is 9.47 Å². The molecule has 2 unspecified atom stereocenters. The average molecular weight is 361 g/mol. The molecular formula is C20H21ClO4. The fourth-order valence-electron chi connectivity index (χ4n) is 2.27.